The van der Waals surface area contributed by atoms with Crippen LogP contribution in [0.4, 0.5) is 5.69 Å². The first-order valence-corrected chi connectivity index (χ1v) is 15.7. The van der Waals surface area contributed by atoms with Crippen molar-refractivity contribution in [3.63, 3.8) is 0 Å². The Kier molecular flexibility index (Phi) is 10.9. The summed E-state index contributed by atoms with van der Waals surface area (Å²) in [5.74, 6) is -0.853. The SMILES string of the molecule is CCCNC(=O)[C@H](C)N(Cc1ccccc1Cl)C(=O)CN(c1ccc(C)cc1)S(=O)(=O)c1ccc(SC)cc1. The van der Waals surface area contributed by atoms with Crippen molar-refractivity contribution in [1.29, 1.82) is 0 Å². The van der Waals surface area contributed by atoms with Crippen LogP contribution in [0.25, 0.3) is 0 Å². The van der Waals surface area contributed by atoms with Gasteiger partial charge in [0.25, 0.3) is 10.0 Å². The second kappa shape index (κ2) is 13.9. The lowest BCUT2D eigenvalue weighted by molar-refractivity contribution is -0.139. The molecule has 0 aliphatic carbocycles. The van der Waals surface area contributed by atoms with Gasteiger partial charge in [-0.25, -0.2) is 8.42 Å². The number of nitrogens with one attached hydrogen (secondary N) is 1. The summed E-state index contributed by atoms with van der Waals surface area (Å²) >= 11 is 7.89. The van der Waals surface area contributed by atoms with E-state index in [1.165, 1.54) is 28.8 Å². The van der Waals surface area contributed by atoms with Gasteiger partial charge in [0, 0.05) is 23.0 Å². The van der Waals surface area contributed by atoms with Gasteiger partial charge in [-0.2, -0.15) is 0 Å². The summed E-state index contributed by atoms with van der Waals surface area (Å²) in [6.45, 7) is 5.48. The van der Waals surface area contributed by atoms with Crippen molar-refractivity contribution in [2.45, 2.75) is 49.6 Å². The molecule has 0 saturated carbocycles. The number of aryl methyl sites for hydroxylation is 1. The molecule has 1 atom stereocenters. The molecule has 0 aromatic heterocycles. The zero-order chi connectivity index (χ0) is 28.6. The molecule has 3 aromatic carbocycles. The number of halogens is 1. The van der Waals surface area contributed by atoms with E-state index < -0.39 is 28.5 Å². The summed E-state index contributed by atoms with van der Waals surface area (Å²) in [6.07, 6.45) is 2.65. The van der Waals surface area contributed by atoms with Crippen LogP contribution in [0.5, 0.6) is 0 Å². The van der Waals surface area contributed by atoms with Gasteiger partial charge in [0.15, 0.2) is 0 Å². The van der Waals surface area contributed by atoms with Crippen molar-refractivity contribution in [2.75, 3.05) is 23.7 Å². The van der Waals surface area contributed by atoms with Crippen LogP contribution in [-0.4, -0.2) is 50.5 Å². The van der Waals surface area contributed by atoms with Gasteiger partial charge >= 0.3 is 0 Å². The fraction of sp³-hybridized carbons (Fsp3) is 0.310. The van der Waals surface area contributed by atoms with Crippen LogP contribution in [0.3, 0.4) is 0 Å². The minimum Gasteiger partial charge on any atom is -0.354 e. The highest BCUT2D eigenvalue weighted by molar-refractivity contribution is 7.98. The monoisotopic (exact) mass is 587 g/mol. The average molecular weight is 588 g/mol. The Bertz CT molecular complexity index is 1380. The fourth-order valence-corrected chi connectivity index (χ4v) is 5.92. The molecule has 0 saturated heterocycles. The summed E-state index contributed by atoms with van der Waals surface area (Å²) in [7, 11) is -4.11. The molecule has 7 nitrogen and oxygen atoms in total. The van der Waals surface area contributed by atoms with Crippen molar-refractivity contribution in [3.8, 4) is 0 Å². The number of hydrogen-bond acceptors (Lipinski definition) is 5. The predicted octanol–water partition coefficient (Wildman–Crippen LogP) is 5.51. The van der Waals surface area contributed by atoms with E-state index in [-0.39, 0.29) is 17.3 Å². The van der Waals surface area contributed by atoms with Gasteiger partial charge < -0.3 is 10.2 Å². The van der Waals surface area contributed by atoms with E-state index in [9.17, 15) is 18.0 Å². The zero-order valence-corrected chi connectivity index (χ0v) is 24.9. The topological polar surface area (TPSA) is 86.8 Å². The van der Waals surface area contributed by atoms with Gasteiger partial charge in [-0.15, -0.1) is 11.8 Å². The van der Waals surface area contributed by atoms with E-state index in [4.69, 9.17) is 11.6 Å². The summed E-state index contributed by atoms with van der Waals surface area (Å²) in [5.41, 5.74) is 1.96. The molecule has 208 valence electrons. The van der Waals surface area contributed by atoms with E-state index in [0.717, 1.165) is 21.2 Å². The van der Waals surface area contributed by atoms with Crippen molar-refractivity contribution in [1.82, 2.24) is 10.2 Å². The van der Waals surface area contributed by atoms with E-state index >= 15 is 0 Å². The maximum Gasteiger partial charge on any atom is 0.264 e. The lowest BCUT2D eigenvalue weighted by Gasteiger charge is -2.32. The second-order valence-electron chi connectivity index (χ2n) is 9.10. The smallest absolute Gasteiger partial charge is 0.264 e. The molecule has 1 N–H and O–H groups in total. The van der Waals surface area contributed by atoms with Gasteiger partial charge in [0.05, 0.1) is 10.6 Å². The Hall–Kier alpha value is -3.01. The third-order valence-corrected chi connectivity index (χ3v) is 9.16. The molecule has 0 heterocycles. The van der Waals surface area contributed by atoms with Crippen LogP contribution in [0.1, 0.15) is 31.4 Å². The largest absolute Gasteiger partial charge is 0.354 e. The number of thioether (sulfide) groups is 1. The molecule has 0 radical (unpaired) electrons. The minimum absolute atomic E-state index is 0.0451. The lowest BCUT2D eigenvalue weighted by atomic mass is 10.1. The summed E-state index contributed by atoms with van der Waals surface area (Å²) in [5, 5.41) is 3.28. The summed E-state index contributed by atoms with van der Waals surface area (Å²) in [6, 6.07) is 19.7. The quantitative estimate of drug-likeness (QED) is 0.282. The molecule has 0 aliphatic heterocycles. The Morgan fingerprint density at radius 1 is 1.00 bits per heavy atom. The first kappa shape index (κ1) is 30.5. The van der Waals surface area contributed by atoms with Crippen molar-refractivity contribution in [3.05, 3.63) is 88.9 Å². The Balaban J connectivity index is 2.02. The Morgan fingerprint density at radius 3 is 2.23 bits per heavy atom. The van der Waals surface area contributed by atoms with Gasteiger partial charge in [0.2, 0.25) is 11.8 Å². The van der Waals surface area contributed by atoms with Gasteiger partial charge in [-0.1, -0.05) is 54.4 Å². The number of nitrogens with zero attached hydrogens (tertiary/aromatic N) is 2. The molecule has 0 unspecified atom stereocenters. The molecule has 10 heteroatoms. The number of sulfonamides is 1. The van der Waals surface area contributed by atoms with Crippen molar-refractivity contribution >= 4 is 50.9 Å². The van der Waals surface area contributed by atoms with Gasteiger partial charge in [-0.05, 0) is 74.6 Å². The maximum atomic E-state index is 13.9. The molecule has 3 rings (SSSR count). The highest BCUT2D eigenvalue weighted by atomic mass is 35.5. The lowest BCUT2D eigenvalue weighted by Crippen LogP contribution is -2.51. The number of amides is 2. The zero-order valence-electron chi connectivity index (χ0n) is 22.6. The minimum atomic E-state index is -4.11. The number of anilines is 1. The maximum absolute atomic E-state index is 13.9. The Labute approximate surface area is 240 Å². The fourth-order valence-electron chi connectivity index (χ4n) is 3.90. The molecule has 39 heavy (non-hydrogen) atoms. The van der Waals surface area contributed by atoms with Crippen LogP contribution in [0.15, 0.2) is 82.6 Å². The third kappa shape index (κ3) is 7.77. The van der Waals surface area contributed by atoms with Crippen LogP contribution in [-0.2, 0) is 26.2 Å². The third-order valence-electron chi connectivity index (χ3n) is 6.26. The molecule has 0 spiro atoms. The molecular formula is C29H34ClN3O4S2. The molecule has 0 aliphatic rings. The molecule has 2 amide bonds. The second-order valence-corrected chi connectivity index (χ2v) is 12.3. The normalized spacial score (nSPS) is 12.0. The number of benzene rings is 3. The molecular weight excluding hydrogens is 554 g/mol. The van der Waals surface area contributed by atoms with E-state index in [2.05, 4.69) is 5.32 Å². The standard InChI is InChI=1S/C29H34ClN3O4S2/c1-5-18-31-29(35)22(3)32(19-23-8-6-7-9-27(23)30)28(34)20-33(24-12-10-21(2)11-13-24)39(36,37)26-16-14-25(38-4)15-17-26/h6-17,22H,5,18-20H2,1-4H3,(H,31,35)/t22-/m0/s1. The van der Waals surface area contributed by atoms with E-state index in [0.29, 0.717) is 22.8 Å². The van der Waals surface area contributed by atoms with Gasteiger partial charge in [0.1, 0.15) is 12.6 Å². The van der Waals surface area contributed by atoms with Crippen LogP contribution in [0.2, 0.25) is 5.02 Å². The first-order valence-electron chi connectivity index (χ1n) is 12.6. The average Bonchev–Trinajstić information content (AvgIpc) is 2.94. The number of carbonyl (C=O) groups excluding carboxylic acids is 2. The van der Waals surface area contributed by atoms with Gasteiger partial charge in [-0.3, -0.25) is 13.9 Å². The Morgan fingerprint density at radius 2 is 1.64 bits per heavy atom. The first-order chi connectivity index (χ1) is 18.6. The van der Waals surface area contributed by atoms with E-state index in [1.54, 1.807) is 67.6 Å². The van der Waals surface area contributed by atoms with Crippen molar-refractivity contribution in [2.24, 2.45) is 0 Å². The predicted molar refractivity (Wildman–Crippen MR) is 159 cm³/mol. The highest BCUT2D eigenvalue weighted by Gasteiger charge is 2.32. The summed E-state index contributed by atoms with van der Waals surface area (Å²) < 4.78 is 28.9. The van der Waals surface area contributed by atoms with Crippen molar-refractivity contribution < 1.29 is 18.0 Å². The number of carbonyl (C=O) groups is 2. The van der Waals surface area contributed by atoms with Crippen LogP contribution >= 0.6 is 23.4 Å². The van der Waals surface area contributed by atoms with Crippen LogP contribution in [0, 0.1) is 6.92 Å². The number of rotatable bonds is 12. The summed E-state index contributed by atoms with van der Waals surface area (Å²) in [4.78, 5) is 29.2. The van der Waals surface area contributed by atoms with Crippen LogP contribution < -0.4 is 9.62 Å². The molecule has 0 bridgehead atoms. The number of hydrogen-bond donors (Lipinski definition) is 1. The molecule has 0 fully saturated rings. The highest BCUT2D eigenvalue weighted by Crippen LogP contribution is 2.27. The van der Waals surface area contributed by atoms with E-state index in [1.807, 2.05) is 20.1 Å². The molecule has 3 aromatic rings.